The Morgan fingerprint density at radius 3 is 2.45 bits per heavy atom. The smallest absolute Gasteiger partial charge is 0.201 e. The molecule has 0 saturated heterocycles. The van der Waals surface area contributed by atoms with E-state index in [1.165, 1.54) is 6.26 Å². The first kappa shape index (κ1) is 14.6. The van der Waals surface area contributed by atoms with E-state index in [-0.39, 0.29) is 5.75 Å². The zero-order valence-electron chi connectivity index (χ0n) is 12.2. The van der Waals surface area contributed by atoms with E-state index in [0.717, 1.165) is 22.2 Å². The Hall–Kier alpha value is -2.34. The van der Waals surface area contributed by atoms with Gasteiger partial charge in [0.25, 0.3) is 0 Å². The van der Waals surface area contributed by atoms with E-state index < -0.39 is 9.84 Å². The second kappa shape index (κ2) is 5.81. The number of anilines is 1. The van der Waals surface area contributed by atoms with Crippen molar-refractivity contribution in [1.29, 1.82) is 0 Å². The molecular formula is C16H17N3O2S. The summed E-state index contributed by atoms with van der Waals surface area (Å²) in [6.07, 6.45) is 1.25. The van der Waals surface area contributed by atoms with Gasteiger partial charge in [-0.1, -0.05) is 36.4 Å². The van der Waals surface area contributed by atoms with Crippen LogP contribution in [0.25, 0.3) is 11.0 Å². The van der Waals surface area contributed by atoms with E-state index in [4.69, 9.17) is 0 Å². The molecule has 2 N–H and O–H groups in total. The van der Waals surface area contributed by atoms with Crippen LogP contribution in [0.2, 0.25) is 0 Å². The molecule has 1 heterocycles. The first-order chi connectivity index (χ1) is 10.5. The standard InChI is InChI=1S/C16H17N3O2S/c1-22(20,21)11-13-7-3-2-6-12(13)10-17-16-18-14-8-4-5-9-15(14)19-16/h2-9H,10-11H2,1H3,(H2,17,18,19). The number of aromatic nitrogens is 2. The van der Waals surface area contributed by atoms with Crippen LogP contribution in [0, 0.1) is 0 Å². The molecule has 3 aromatic rings. The van der Waals surface area contributed by atoms with Gasteiger partial charge < -0.3 is 10.3 Å². The molecule has 3 rings (SSSR count). The number of nitrogens with zero attached hydrogens (tertiary/aromatic N) is 1. The summed E-state index contributed by atoms with van der Waals surface area (Å²) in [6.45, 7) is 0.519. The lowest BCUT2D eigenvalue weighted by molar-refractivity contribution is 0.601. The van der Waals surface area contributed by atoms with Gasteiger partial charge in [0, 0.05) is 12.8 Å². The SMILES string of the molecule is CS(=O)(=O)Cc1ccccc1CNc1nc2ccccc2[nH]1. The van der Waals surface area contributed by atoms with Gasteiger partial charge in [-0.3, -0.25) is 0 Å². The zero-order chi connectivity index (χ0) is 15.6. The van der Waals surface area contributed by atoms with E-state index in [1.807, 2.05) is 48.5 Å². The number of para-hydroxylation sites is 2. The number of fused-ring (bicyclic) bond motifs is 1. The number of hydrogen-bond donors (Lipinski definition) is 2. The van der Waals surface area contributed by atoms with E-state index in [2.05, 4.69) is 15.3 Å². The van der Waals surface area contributed by atoms with Crippen molar-refractivity contribution in [2.75, 3.05) is 11.6 Å². The van der Waals surface area contributed by atoms with Gasteiger partial charge in [-0.05, 0) is 23.3 Å². The summed E-state index contributed by atoms with van der Waals surface area (Å²) in [6, 6.07) is 15.3. The summed E-state index contributed by atoms with van der Waals surface area (Å²) in [7, 11) is -3.05. The number of hydrogen-bond acceptors (Lipinski definition) is 4. The summed E-state index contributed by atoms with van der Waals surface area (Å²) in [5.74, 6) is 0.723. The van der Waals surface area contributed by atoms with Crippen molar-refractivity contribution in [3.63, 3.8) is 0 Å². The van der Waals surface area contributed by atoms with E-state index in [1.54, 1.807) is 0 Å². The Morgan fingerprint density at radius 2 is 1.73 bits per heavy atom. The lowest BCUT2D eigenvalue weighted by atomic mass is 10.1. The molecule has 5 nitrogen and oxygen atoms in total. The molecule has 114 valence electrons. The maximum absolute atomic E-state index is 11.5. The highest BCUT2D eigenvalue weighted by molar-refractivity contribution is 7.89. The van der Waals surface area contributed by atoms with Crippen LogP contribution in [0.3, 0.4) is 0 Å². The molecule has 0 aliphatic heterocycles. The van der Waals surface area contributed by atoms with Crippen LogP contribution in [0.5, 0.6) is 0 Å². The van der Waals surface area contributed by atoms with Crippen LogP contribution in [0.1, 0.15) is 11.1 Å². The predicted octanol–water partition coefficient (Wildman–Crippen LogP) is 2.72. The number of rotatable bonds is 5. The molecule has 0 saturated carbocycles. The van der Waals surface area contributed by atoms with E-state index in [9.17, 15) is 8.42 Å². The van der Waals surface area contributed by atoms with Gasteiger partial charge in [-0.2, -0.15) is 0 Å². The summed E-state index contributed by atoms with van der Waals surface area (Å²) < 4.78 is 23.0. The first-order valence-electron chi connectivity index (χ1n) is 6.94. The summed E-state index contributed by atoms with van der Waals surface area (Å²) >= 11 is 0. The average Bonchev–Trinajstić information content (AvgIpc) is 2.87. The highest BCUT2D eigenvalue weighted by Crippen LogP contribution is 2.16. The van der Waals surface area contributed by atoms with E-state index in [0.29, 0.717) is 12.5 Å². The van der Waals surface area contributed by atoms with Crippen molar-refractivity contribution in [3.05, 3.63) is 59.7 Å². The fraction of sp³-hybridized carbons (Fsp3) is 0.188. The largest absolute Gasteiger partial charge is 0.352 e. The van der Waals surface area contributed by atoms with Gasteiger partial charge in [-0.25, -0.2) is 13.4 Å². The number of H-pyrrole nitrogens is 1. The molecule has 22 heavy (non-hydrogen) atoms. The van der Waals surface area contributed by atoms with E-state index >= 15 is 0 Å². The van der Waals surface area contributed by atoms with Gasteiger partial charge in [-0.15, -0.1) is 0 Å². The van der Waals surface area contributed by atoms with Crippen LogP contribution in [0.4, 0.5) is 5.95 Å². The number of benzene rings is 2. The van der Waals surface area contributed by atoms with Gasteiger partial charge in [0.1, 0.15) is 0 Å². The molecule has 0 atom stereocenters. The molecular weight excluding hydrogens is 298 g/mol. The highest BCUT2D eigenvalue weighted by Gasteiger charge is 2.09. The Kier molecular flexibility index (Phi) is 3.85. The lowest BCUT2D eigenvalue weighted by Crippen LogP contribution is -2.07. The van der Waals surface area contributed by atoms with Gasteiger partial charge in [0.15, 0.2) is 9.84 Å². The minimum atomic E-state index is -3.05. The molecule has 2 aromatic carbocycles. The topological polar surface area (TPSA) is 74.8 Å². The fourth-order valence-corrected chi connectivity index (χ4v) is 3.22. The summed E-state index contributed by atoms with van der Waals surface area (Å²) in [4.78, 5) is 7.64. The monoisotopic (exact) mass is 315 g/mol. The Bertz CT molecular complexity index is 867. The molecule has 0 aliphatic carbocycles. The van der Waals surface area contributed by atoms with Crippen LogP contribution in [-0.4, -0.2) is 24.6 Å². The van der Waals surface area contributed by atoms with Crippen molar-refractivity contribution >= 4 is 26.8 Å². The van der Waals surface area contributed by atoms with Crippen molar-refractivity contribution in [2.24, 2.45) is 0 Å². The van der Waals surface area contributed by atoms with Crippen molar-refractivity contribution in [1.82, 2.24) is 9.97 Å². The quantitative estimate of drug-likeness (QED) is 0.759. The number of aromatic amines is 1. The normalized spacial score (nSPS) is 11.7. The molecule has 0 aliphatic rings. The summed E-state index contributed by atoms with van der Waals surface area (Å²) in [5.41, 5.74) is 3.63. The van der Waals surface area contributed by atoms with Crippen LogP contribution < -0.4 is 5.32 Å². The highest BCUT2D eigenvalue weighted by atomic mass is 32.2. The third kappa shape index (κ3) is 3.46. The Balaban J connectivity index is 1.79. The minimum absolute atomic E-state index is 0.0466. The minimum Gasteiger partial charge on any atom is -0.352 e. The second-order valence-electron chi connectivity index (χ2n) is 5.29. The summed E-state index contributed by atoms with van der Waals surface area (Å²) in [5, 5.41) is 3.22. The van der Waals surface area contributed by atoms with Crippen molar-refractivity contribution in [2.45, 2.75) is 12.3 Å². The first-order valence-corrected chi connectivity index (χ1v) is 9.00. The lowest BCUT2D eigenvalue weighted by Gasteiger charge is -2.09. The van der Waals surface area contributed by atoms with Crippen LogP contribution in [-0.2, 0) is 22.1 Å². The van der Waals surface area contributed by atoms with Gasteiger partial charge >= 0.3 is 0 Å². The molecule has 1 aromatic heterocycles. The van der Waals surface area contributed by atoms with Gasteiger partial charge in [0.05, 0.1) is 16.8 Å². The van der Waals surface area contributed by atoms with Crippen LogP contribution in [0.15, 0.2) is 48.5 Å². The number of sulfone groups is 1. The third-order valence-electron chi connectivity index (χ3n) is 3.37. The van der Waals surface area contributed by atoms with Crippen LogP contribution >= 0.6 is 0 Å². The fourth-order valence-electron chi connectivity index (χ4n) is 2.37. The Labute approximate surface area is 129 Å². The zero-order valence-corrected chi connectivity index (χ0v) is 13.0. The molecule has 6 heteroatoms. The molecule has 0 radical (unpaired) electrons. The third-order valence-corrected chi connectivity index (χ3v) is 4.21. The predicted molar refractivity (Wildman–Crippen MR) is 88.4 cm³/mol. The molecule has 0 unspecified atom stereocenters. The Morgan fingerprint density at radius 1 is 1.05 bits per heavy atom. The molecule has 0 amide bonds. The second-order valence-corrected chi connectivity index (χ2v) is 7.44. The van der Waals surface area contributed by atoms with Crippen molar-refractivity contribution < 1.29 is 8.42 Å². The number of nitrogens with one attached hydrogen (secondary N) is 2. The van der Waals surface area contributed by atoms with Gasteiger partial charge in [0.2, 0.25) is 5.95 Å². The molecule has 0 spiro atoms. The van der Waals surface area contributed by atoms with Crippen molar-refractivity contribution in [3.8, 4) is 0 Å². The maximum Gasteiger partial charge on any atom is 0.201 e. The number of imidazole rings is 1. The molecule has 0 bridgehead atoms. The average molecular weight is 315 g/mol. The maximum atomic E-state index is 11.5. The molecule has 0 fully saturated rings.